The SMILES string of the molecule is COc1ccc(C(=O)C2COc3ccccc3C2O)cc1.O=C(c1ccc(O)cc1)C1COc2ccccc2C1O. The lowest BCUT2D eigenvalue weighted by molar-refractivity contribution is 0.0408. The fourth-order valence-electron chi connectivity index (χ4n) is 4.93. The predicted octanol–water partition coefficient (Wildman–Crippen LogP) is 4.94. The highest BCUT2D eigenvalue weighted by atomic mass is 16.5. The van der Waals surface area contributed by atoms with Crippen LogP contribution in [0.4, 0.5) is 0 Å². The number of methoxy groups -OCH3 is 1. The topological polar surface area (TPSA) is 123 Å². The largest absolute Gasteiger partial charge is 0.508 e. The van der Waals surface area contributed by atoms with E-state index in [9.17, 15) is 24.9 Å². The summed E-state index contributed by atoms with van der Waals surface area (Å²) < 4.78 is 16.2. The third-order valence-corrected chi connectivity index (χ3v) is 7.27. The number of aromatic hydroxyl groups is 1. The molecule has 0 radical (unpaired) electrons. The molecule has 2 aliphatic rings. The van der Waals surface area contributed by atoms with Gasteiger partial charge in [0.05, 0.1) is 31.2 Å². The molecule has 8 nitrogen and oxygen atoms in total. The van der Waals surface area contributed by atoms with Gasteiger partial charge in [0.15, 0.2) is 11.6 Å². The number of rotatable bonds is 5. The Bertz CT molecular complexity index is 1510. The number of hydrogen-bond acceptors (Lipinski definition) is 8. The number of phenolic OH excluding ortho intramolecular Hbond substituents is 1. The second-order valence-corrected chi connectivity index (χ2v) is 9.80. The molecule has 0 amide bonds. The molecule has 8 heteroatoms. The minimum atomic E-state index is -0.874. The van der Waals surface area contributed by atoms with Gasteiger partial charge in [0.1, 0.15) is 36.2 Å². The first-order valence-electron chi connectivity index (χ1n) is 13.2. The van der Waals surface area contributed by atoms with Crippen LogP contribution in [0.5, 0.6) is 23.0 Å². The molecule has 0 aromatic heterocycles. The van der Waals surface area contributed by atoms with E-state index in [-0.39, 0.29) is 30.5 Å². The smallest absolute Gasteiger partial charge is 0.172 e. The summed E-state index contributed by atoms with van der Waals surface area (Å²) in [6.07, 6.45) is -1.72. The van der Waals surface area contributed by atoms with Crippen molar-refractivity contribution in [3.8, 4) is 23.0 Å². The van der Waals surface area contributed by atoms with Crippen molar-refractivity contribution >= 4 is 11.6 Å². The first kappa shape index (κ1) is 27.9. The van der Waals surface area contributed by atoms with Crippen LogP contribution in [0.3, 0.4) is 0 Å². The molecule has 4 aromatic carbocycles. The van der Waals surface area contributed by atoms with Crippen LogP contribution in [0.2, 0.25) is 0 Å². The standard InChI is InChI=1S/C17H16O4.C16H14O4/c1-20-12-8-6-11(7-9-12)16(18)14-10-21-15-5-3-2-4-13(15)17(14)19;17-11-7-5-10(6-8-11)15(18)13-9-20-14-4-2-1-3-12(14)16(13)19/h2-9,14,17,19H,10H2,1H3;1-8,13,16-17,19H,9H2. The Kier molecular flexibility index (Phi) is 8.33. The van der Waals surface area contributed by atoms with Crippen molar-refractivity contribution in [2.75, 3.05) is 20.3 Å². The van der Waals surface area contributed by atoms with Crippen LogP contribution in [0.25, 0.3) is 0 Å². The second kappa shape index (κ2) is 12.2. The molecule has 4 atom stereocenters. The molecule has 41 heavy (non-hydrogen) atoms. The van der Waals surface area contributed by atoms with Crippen LogP contribution in [-0.2, 0) is 0 Å². The van der Waals surface area contributed by atoms with Gasteiger partial charge in [0, 0.05) is 22.3 Å². The van der Waals surface area contributed by atoms with Crippen LogP contribution < -0.4 is 14.2 Å². The Morgan fingerprint density at radius 3 is 1.51 bits per heavy atom. The Morgan fingerprint density at radius 1 is 0.659 bits per heavy atom. The van der Waals surface area contributed by atoms with Gasteiger partial charge in [-0.25, -0.2) is 0 Å². The minimum Gasteiger partial charge on any atom is -0.508 e. The molecule has 3 N–H and O–H groups in total. The van der Waals surface area contributed by atoms with Gasteiger partial charge in [-0.05, 0) is 60.7 Å². The zero-order valence-corrected chi connectivity index (χ0v) is 22.3. The van der Waals surface area contributed by atoms with Gasteiger partial charge in [-0.3, -0.25) is 9.59 Å². The van der Waals surface area contributed by atoms with Crippen LogP contribution >= 0.6 is 0 Å². The monoisotopic (exact) mass is 554 g/mol. The number of carbonyl (C=O) groups excluding carboxylic acids is 2. The van der Waals surface area contributed by atoms with E-state index >= 15 is 0 Å². The average Bonchev–Trinajstić information content (AvgIpc) is 3.02. The average molecular weight is 555 g/mol. The van der Waals surface area contributed by atoms with Gasteiger partial charge in [-0.15, -0.1) is 0 Å². The lowest BCUT2D eigenvalue weighted by Crippen LogP contribution is -2.32. The van der Waals surface area contributed by atoms with Crippen molar-refractivity contribution in [1.82, 2.24) is 0 Å². The van der Waals surface area contributed by atoms with Crippen LogP contribution in [-0.4, -0.2) is 47.2 Å². The van der Waals surface area contributed by atoms with Gasteiger partial charge in [-0.1, -0.05) is 36.4 Å². The second-order valence-electron chi connectivity index (χ2n) is 9.80. The van der Waals surface area contributed by atoms with Gasteiger partial charge in [-0.2, -0.15) is 0 Å². The molecule has 0 bridgehead atoms. The number of carbonyl (C=O) groups is 2. The van der Waals surface area contributed by atoms with Crippen LogP contribution in [0.15, 0.2) is 97.1 Å². The van der Waals surface area contributed by atoms with E-state index in [0.717, 1.165) is 0 Å². The molecule has 2 aliphatic heterocycles. The minimum absolute atomic E-state index is 0.104. The predicted molar refractivity (Wildman–Crippen MR) is 151 cm³/mol. The maximum Gasteiger partial charge on any atom is 0.172 e. The molecule has 210 valence electrons. The number of ether oxygens (including phenoxy) is 3. The molecule has 4 unspecified atom stereocenters. The van der Waals surface area contributed by atoms with E-state index < -0.39 is 24.0 Å². The van der Waals surface area contributed by atoms with E-state index in [1.54, 1.807) is 73.8 Å². The number of para-hydroxylation sites is 2. The normalized spacial score (nSPS) is 20.6. The van der Waals surface area contributed by atoms with E-state index in [1.807, 2.05) is 18.2 Å². The van der Waals surface area contributed by atoms with Gasteiger partial charge in [0.2, 0.25) is 0 Å². The summed E-state index contributed by atoms with van der Waals surface area (Å²) in [4.78, 5) is 24.9. The van der Waals surface area contributed by atoms with Gasteiger partial charge in [0.25, 0.3) is 0 Å². The Labute approximate surface area is 237 Å². The maximum absolute atomic E-state index is 12.5. The van der Waals surface area contributed by atoms with Crippen LogP contribution in [0, 0.1) is 11.8 Å². The first-order chi connectivity index (χ1) is 19.9. The number of phenols is 1. The fraction of sp³-hybridized carbons (Fsp3) is 0.212. The summed E-state index contributed by atoms with van der Waals surface area (Å²) in [5, 5.41) is 30.0. The number of aliphatic hydroxyl groups excluding tert-OH is 2. The molecule has 0 aliphatic carbocycles. The Balaban J connectivity index is 0.000000165. The van der Waals surface area contributed by atoms with E-state index in [2.05, 4.69) is 0 Å². The number of fused-ring (bicyclic) bond motifs is 2. The summed E-state index contributed by atoms with van der Waals surface area (Å²) >= 11 is 0. The van der Waals surface area contributed by atoms with Crippen molar-refractivity contribution in [3.05, 3.63) is 119 Å². The number of aliphatic hydroxyl groups is 2. The van der Waals surface area contributed by atoms with E-state index in [4.69, 9.17) is 14.2 Å². The third kappa shape index (κ3) is 5.94. The highest BCUT2D eigenvalue weighted by molar-refractivity contribution is 5.99. The number of ketones is 2. The molecular formula is C33H30O8. The summed E-state index contributed by atoms with van der Waals surface area (Å²) in [6, 6.07) is 27.3. The van der Waals surface area contributed by atoms with Gasteiger partial charge >= 0.3 is 0 Å². The van der Waals surface area contributed by atoms with Crippen molar-refractivity contribution < 1.29 is 39.1 Å². The summed E-state index contributed by atoms with van der Waals surface area (Å²) in [5.41, 5.74) is 2.30. The fourth-order valence-corrected chi connectivity index (χ4v) is 4.93. The Morgan fingerprint density at radius 2 is 1.07 bits per heavy atom. The molecule has 6 rings (SSSR count). The van der Waals surface area contributed by atoms with Crippen molar-refractivity contribution in [3.63, 3.8) is 0 Å². The summed E-state index contributed by atoms with van der Waals surface area (Å²) in [6.45, 7) is 0.334. The molecule has 0 fully saturated rings. The number of hydrogen-bond donors (Lipinski definition) is 3. The van der Waals surface area contributed by atoms with Crippen molar-refractivity contribution in [2.45, 2.75) is 12.2 Å². The number of Topliss-reactive ketones (excluding diaryl/α,β-unsaturated/α-hetero) is 2. The van der Waals surface area contributed by atoms with Gasteiger partial charge < -0.3 is 29.5 Å². The lowest BCUT2D eigenvalue weighted by atomic mass is 9.87. The third-order valence-electron chi connectivity index (χ3n) is 7.27. The van der Waals surface area contributed by atoms with E-state index in [0.29, 0.717) is 39.5 Å². The molecule has 4 aromatic rings. The maximum atomic E-state index is 12.5. The molecule has 2 heterocycles. The van der Waals surface area contributed by atoms with Crippen molar-refractivity contribution in [2.24, 2.45) is 11.8 Å². The lowest BCUT2D eigenvalue weighted by Gasteiger charge is -2.29. The zero-order chi connectivity index (χ0) is 28.9. The summed E-state index contributed by atoms with van der Waals surface area (Å²) in [7, 11) is 1.58. The highest BCUT2D eigenvalue weighted by Crippen LogP contribution is 2.38. The number of benzene rings is 4. The Hall–Kier alpha value is -4.66. The van der Waals surface area contributed by atoms with Crippen molar-refractivity contribution in [1.29, 1.82) is 0 Å². The van der Waals surface area contributed by atoms with E-state index in [1.165, 1.54) is 12.1 Å². The highest BCUT2D eigenvalue weighted by Gasteiger charge is 2.36. The van der Waals surface area contributed by atoms with Crippen LogP contribution in [0.1, 0.15) is 44.1 Å². The quantitative estimate of drug-likeness (QED) is 0.297. The molecule has 0 spiro atoms. The molecular weight excluding hydrogens is 524 g/mol. The first-order valence-corrected chi connectivity index (χ1v) is 13.2. The summed E-state index contributed by atoms with van der Waals surface area (Å²) in [5.74, 6) is 0.526. The molecule has 0 saturated heterocycles. The zero-order valence-electron chi connectivity index (χ0n) is 22.3. The molecule has 0 saturated carbocycles.